The minimum Gasteiger partial charge on any atom is -0.337 e. The van der Waals surface area contributed by atoms with Crippen LogP contribution < -0.4 is 4.72 Å². The van der Waals surface area contributed by atoms with Gasteiger partial charge in [-0.15, -0.1) is 0 Å². The second kappa shape index (κ2) is 5.10. The van der Waals surface area contributed by atoms with Crippen molar-refractivity contribution in [2.75, 3.05) is 0 Å². The Bertz CT molecular complexity index is 658. The third-order valence-electron chi connectivity index (χ3n) is 2.74. The summed E-state index contributed by atoms with van der Waals surface area (Å²) < 4.78 is 40.7. The summed E-state index contributed by atoms with van der Waals surface area (Å²) in [6.07, 6.45) is 1.45. The summed E-state index contributed by atoms with van der Waals surface area (Å²) in [4.78, 5) is 3.96. The van der Waals surface area contributed by atoms with Crippen LogP contribution >= 0.6 is 0 Å². The molecule has 0 saturated carbocycles. The van der Waals surface area contributed by atoms with Crippen LogP contribution in [0.15, 0.2) is 35.5 Å². The molecule has 0 bridgehead atoms. The lowest BCUT2D eigenvalue weighted by Gasteiger charge is -2.04. The van der Waals surface area contributed by atoms with Gasteiger partial charge in [-0.1, -0.05) is 12.1 Å². The first-order valence-electron chi connectivity index (χ1n) is 5.62. The molecule has 7 heteroatoms. The van der Waals surface area contributed by atoms with Crippen LogP contribution in [0.5, 0.6) is 0 Å². The number of benzene rings is 1. The van der Waals surface area contributed by atoms with Crippen LogP contribution in [0.2, 0.25) is 0 Å². The van der Waals surface area contributed by atoms with E-state index in [-0.39, 0.29) is 17.4 Å². The average Bonchev–Trinajstić information content (AvgIpc) is 2.70. The molecule has 1 heterocycles. The SMILES string of the molecule is Cc1nc(S(=O)(=O)NCc2ccc(F)cc2)cn1C. The minimum absolute atomic E-state index is 0.0189. The Morgan fingerprint density at radius 2 is 1.95 bits per heavy atom. The van der Waals surface area contributed by atoms with Crippen molar-refractivity contribution in [1.29, 1.82) is 0 Å². The van der Waals surface area contributed by atoms with Crippen LogP contribution in [-0.2, 0) is 23.6 Å². The largest absolute Gasteiger partial charge is 0.337 e. The first-order valence-corrected chi connectivity index (χ1v) is 7.11. The second-order valence-electron chi connectivity index (χ2n) is 4.19. The van der Waals surface area contributed by atoms with Gasteiger partial charge in [-0.25, -0.2) is 22.5 Å². The molecule has 0 atom stereocenters. The van der Waals surface area contributed by atoms with Crippen molar-refractivity contribution in [1.82, 2.24) is 14.3 Å². The number of halogens is 1. The van der Waals surface area contributed by atoms with E-state index in [9.17, 15) is 12.8 Å². The maximum absolute atomic E-state index is 12.7. The van der Waals surface area contributed by atoms with Crippen LogP contribution in [0.1, 0.15) is 11.4 Å². The molecular formula is C12H14FN3O2S. The molecule has 0 fully saturated rings. The normalized spacial score (nSPS) is 11.7. The topological polar surface area (TPSA) is 64.0 Å². The lowest BCUT2D eigenvalue weighted by molar-refractivity contribution is 0.577. The fourth-order valence-electron chi connectivity index (χ4n) is 1.51. The fraction of sp³-hybridized carbons (Fsp3) is 0.250. The summed E-state index contributed by atoms with van der Waals surface area (Å²) >= 11 is 0. The number of aryl methyl sites for hydroxylation is 2. The molecule has 0 radical (unpaired) electrons. The van der Waals surface area contributed by atoms with Crippen molar-refractivity contribution >= 4 is 10.0 Å². The van der Waals surface area contributed by atoms with Gasteiger partial charge in [-0.2, -0.15) is 0 Å². The van der Waals surface area contributed by atoms with Gasteiger partial charge in [0.15, 0.2) is 5.03 Å². The number of aromatic nitrogens is 2. The zero-order valence-corrected chi connectivity index (χ0v) is 11.4. The van der Waals surface area contributed by atoms with E-state index in [1.54, 1.807) is 18.5 Å². The Morgan fingerprint density at radius 3 is 2.47 bits per heavy atom. The lowest BCUT2D eigenvalue weighted by atomic mass is 10.2. The van der Waals surface area contributed by atoms with Crippen molar-refractivity contribution in [2.24, 2.45) is 7.05 Å². The zero-order chi connectivity index (χ0) is 14.0. The number of nitrogens with zero attached hydrogens (tertiary/aromatic N) is 2. The van der Waals surface area contributed by atoms with Gasteiger partial charge in [0.2, 0.25) is 0 Å². The molecule has 0 unspecified atom stereocenters. The van der Waals surface area contributed by atoms with Gasteiger partial charge in [0.25, 0.3) is 10.0 Å². The number of sulfonamides is 1. The Morgan fingerprint density at radius 1 is 1.32 bits per heavy atom. The average molecular weight is 283 g/mol. The second-order valence-corrected chi connectivity index (χ2v) is 5.90. The van der Waals surface area contributed by atoms with E-state index in [1.807, 2.05) is 0 Å². The van der Waals surface area contributed by atoms with Crippen LogP contribution in [0.25, 0.3) is 0 Å². The van der Waals surface area contributed by atoms with E-state index in [2.05, 4.69) is 9.71 Å². The summed E-state index contributed by atoms with van der Waals surface area (Å²) in [5, 5.41) is -0.0189. The monoisotopic (exact) mass is 283 g/mol. The third-order valence-corrected chi connectivity index (χ3v) is 4.01. The van der Waals surface area contributed by atoms with Crippen molar-refractivity contribution in [3.8, 4) is 0 Å². The first-order chi connectivity index (χ1) is 8.88. The number of nitrogens with one attached hydrogen (secondary N) is 1. The van der Waals surface area contributed by atoms with Crippen LogP contribution in [0.4, 0.5) is 4.39 Å². The van der Waals surface area contributed by atoms with Gasteiger partial charge in [0.1, 0.15) is 11.6 Å². The first kappa shape index (κ1) is 13.7. The van der Waals surface area contributed by atoms with Gasteiger partial charge in [0, 0.05) is 19.8 Å². The molecule has 0 aliphatic rings. The smallest absolute Gasteiger partial charge is 0.259 e. The quantitative estimate of drug-likeness (QED) is 0.921. The van der Waals surface area contributed by atoms with Gasteiger partial charge in [-0.05, 0) is 24.6 Å². The maximum Gasteiger partial charge on any atom is 0.259 e. The van der Waals surface area contributed by atoms with Crippen LogP contribution in [0.3, 0.4) is 0 Å². The van der Waals surface area contributed by atoms with Crippen molar-refractivity contribution in [3.05, 3.63) is 47.7 Å². The van der Waals surface area contributed by atoms with Gasteiger partial charge in [-0.3, -0.25) is 0 Å². The maximum atomic E-state index is 12.7. The molecule has 19 heavy (non-hydrogen) atoms. The fourth-order valence-corrected chi connectivity index (χ4v) is 2.56. The van der Waals surface area contributed by atoms with Gasteiger partial charge in [0.05, 0.1) is 0 Å². The van der Waals surface area contributed by atoms with E-state index in [1.165, 1.54) is 30.5 Å². The Labute approximate surface area is 111 Å². The molecule has 0 spiro atoms. The van der Waals surface area contributed by atoms with Crippen molar-refractivity contribution < 1.29 is 12.8 Å². The third kappa shape index (κ3) is 3.18. The highest BCUT2D eigenvalue weighted by atomic mass is 32.2. The van der Waals surface area contributed by atoms with Crippen molar-refractivity contribution in [2.45, 2.75) is 18.5 Å². The molecular weight excluding hydrogens is 269 g/mol. The van der Waals surface area contributed by atoms with E-state index in [4.69, 9.17) is 0 Å². The predicted octanol–water partition coefficient (Wildman–Crippen LogP) is 1.35. The van der Waals surface area contributed by atoms with Crippen LogP contribution in [-0.4, -0.2) is 18.0 Å². The summed E-state index contributed by atoms with van der Waals surface area (Å²) in [6.45, 7) is 1.82. The van der Waals surface area contributed by atoms with Crippen LogP contribution in [0, 0.1) is 12.7 Å². The molecule has 5 nitrogen and oxygen atoms in total. The summed E-state index contributed by atoms with van der Waals surface area (Å²) in [7, 11) is -1.92. The lowest BCUT2D eigenvalue weighted by Crippen LogP contribution is -2.23. The molecule has 1 N–H and O–H groups in total. The van der Waals surface area contributed by atoms with E-state index in [0.29, 0.717) is 11.4 Å². The Hall–Kier alpha value is -1.73. The number of rotatable bonds is 4. The Kier molecular flexibility index (Phi) is 3.68. The molecule has 2 rings (SSSR count). The highest BCUT2D eigenvalue weighted by Gasteiger charge is 2.17. The number of imidazole rings is 1. The van der Waals surface area contributed by atoms with Crippen molar-refractivity contribution in [3.63, 3.8) is 0 Å². The highest BCUT2D eigenvalue weighted by molar-refractivity contribution is 7.89. The number of hydrogen-bond donors (Lipinski definition) is 1. The Balaban J connectivity index is 2.11. The van der Waals surface area contributed by atoms with E-state index >= 15 is 0 Å². The van der Waals surface area contributed by atoms with Gasteiger partial charge >= 0.3 is 0 Å². The highest BCUT2D eigenvalue weighted by Crippen LogP contribution is 2.09. The molecule has 0 aliphatic heterocycles. The zero-order valence-electron chi connectivity index (χ0n) is 10.6. The predicted molar refractivity (Wildman–Crippen MR) is 68.4 cm³/mol. The molecule has 1 aromatic carbocycles. The molecule has 0 amide bonds. The molecule has 2 aromatic rings. The molecule has 102 valence electrons. The van der Waals surface area contributed by atoms with E-state index in [0.717, 1.165) is 0 Å². The number of hydrogen-bond acceptors (Lipinski definition) is 3. The molecule has 0 saturated heterocycles. The standard InChI is InChI=1S/C12H14FN3O2S/c1-9-15-12(8-16(9)2)19(17,18)14-7-10-3-5-11(13)6-4-10/h3-6,8,14H,7H2,1-2H3. The molecule has 0 aliphatic carbocycles. The van der Waals surface area contributed by atoms with Gasteiger partial charge < -0.3 is 4.57 Å². The summed E-state index contributed by atoms with van der Waals surface area (Å²) in [5.41, 5.74) is 0.678. The summed E-state index contributed by atoms with van der Waals surface area (Å²) in [6, 6.07) is 5.63. The molecule has 1 aromatic heterocycles. The minimum atomic E-state index is -3.65. The summed E-state index contributed by atoms with van der Waals surface area (Å²) in [5.74, 6) is 0.258. The van der Waals surface area contributed by atoms with E-state index < -0.39 is 10.0 Å².